The number of hydrogen-bond acceptors (Lipinski definition) is 6. The molecule has 1 aromatic rings. The molecule has 1 amide bonds. The number of carbonyl (C=O) groups is 2. The topological polar surface area (TPSA) is 74.3 Å². The van der Waals surface area contributed by atoms with E-state index in [1.54, 1.807) is 30.0 Å². The lowest BCUT2D eigenvalue weighted by molar-refractivity contribution is -0.155. The maximum absolute atomic E-state index is 12.5. The quantitative estimate of drug-likeness (QED) is 0.525. The molecule has 0 N–H and O–H groups in total. The molecular formula is C21H29NO6. The first-order valence-corrected chi connectivity index (χ1v) is 9.47. The first-order valence-electron chi connectivity index (χ1n) is 9.47. The van der Waals surface area contributed by atoms with Gasteiger partial charge in [0.2, 0.25) is 0 Å². The predicted octanol–water partition coefficient (Wildman–Crippen LogP) is 3.06. The van der Waals surface area contributed by atoms with E-state index in [-0.39, 0.29) is 5.91 Å². The van der Waals surface area contributed by atoms with E-state index in [2.05, 4.69) is 0 Å². The molecule has 0 aliphatic carbocycles. The summed E-state index contributed by atoms with van der Waals surface area (Å²) in [5.74, 6) is 0.826. The van der Waals surface area contributed by atoms with Crippen LogP contribution in [0.1, 0.15) is 38.2 Å². The Morgan fingerprint density at radius 2 is 1.50 bits per heavy atom. The summed E-state index contributed by atoms with van der Waals surface area (Å²) >= 11 is 0. The average molecular weight is 391 g/mol. The summed E-state index contributed by atoms with van der Waals surface area (Å²) in [6.45, 7) is 3.05. The Hall–Kier alpha value is -2.70. The molecular weight excluding hydrogens is 362 g/mol. The maximum Gasteiger partial charge on any atom is 0.331 e. The van der Waals surface area contributed by atoms with Crippen molar-refractivity contribution in [2.45, 2.75) is 38.7 Å². The Bertz CT molecular complexity index is 707. The molecule has 28 heavy (non-hydrogen) atoms. The molecule has 1 fully saturated rings. The maximum atomic E-state index is 12.5. The molecule has 0 bridgehead atoms. The van der Waals surface area contributed by atoms with Crippen molar-refractivity contribution in [1.82, 2.24) is 4.90 Å². The minimum atomic E-state index is -0.817. The lowest BCUT2D eigenvalue weighted by atomic mass is 10.1. The summed E-state index contributed by atoms with van der Waals surface area (Å²) in [6.07, 6.45) is 6.27. The van der Waals surface area contributed by atoms with Crippen molar-refractivity contribution in [2.75, 3.05) is 34.4 Å². The molecule has 1 saturated heterocycles. The van der Waals surface area contributed by atoms with Crippen LogP contribution in [0.2, 0.25) is 0 Å². The van der Waals surface area contributed by atoms with Crippen molar-refractivity contribution in [3.05, 3.63) is 23.8 Å². The van der Waals surface area contributed by atoms with Crippen LogP contribution in [0.5, 0.6) is 17.2 Å². The molecule has 1 aliphatic heterocycles. The van der Waals surface area contributed by atoms with Crippen LogP contribution in [0.25, 0.3) is 6.08 Å². The van der Waals surface area contributed by atoms with Gasteiger partial charge in [-0.1, -0.05) is 12.8 Å². The number of hydrogen-bond donors (Lipinski definition) is 0. The van der Waals surface area contributed by atoms with Gasteiger partial charge >= 0.3 is 5.97 Å². The summed E-state index contributed by atoms with van der Waals surface area (Å²) in [5.41, 5.74) is 0.628. The van der Waals surface area contributed by atoms with Crippen molar-refractivity contribution < 1.29 is 28.5 Å². The number of amides is 1. The highest BCUT2D eigenvalue weighted by atomic mass is 16.5. The molecule has 7 nitrogen and oxygen atoms in total. The van der Waals surface area contributed by atoms with Gasteiger partial charge in [0.05, 0.1) is 21.3 Å². The Morgan fingerprint density at radius 3 is 2.07 bits per heavy atom. The van der Waals surface area contributed by atoms with Crippen LogP contribution in [0.15, 0.2) is 18.2 Å². The number of esters is 1. The number of ether oxygens (including phenoxy) is 4. The fourth-order valence-electron chi connectivity index (χ4n) is 3.15. The minimum absolute atomic E-state index is 0.146. The Labute approximate surface area is 166 Å². The van der Waals surface area contributed by atoms with Gasteiger partial charge in [-0.15, -0.1) is 0 Å². The summed E-state index contributed by atoms with van der Waals surface area (Å²) in [6, 6.07) is 3.38. The number of nitrogens with zero attached hydrogens (tertiary/aromatic N) is 1. The van der Waals surface area contributed by atoms with Crippen LogP contribution in [0.3, 0.4) is 0 Å². The van der Waals surface area contributed by atoms with Crippen LogP contribution in [0.4, 0.5) is 0 Å². The summed E-state index contributed by atoms with van der Waals surface area (Å²) in [7, 11) is 4.59. The zero-order chi connectivity index (χ0) is 20.5. The molecule has 0 saturated carbocycles. The molecule has 0 unspecified atom stereocenters. The Morgan fingerprint density at radius 1 is 0.929 bits per heavy atom. The molecule has 0 spiro atoms. The fraction of sp³-hybridized carbons (Fsp3) is 0.524. The van der Waals surface area contributed by atoms with Crippen LogP contribution < -0.4 is 14.2 Å². The van der Waals surface area contributed by atoms with E-state index in [4.69, 9.17) is 18.9 Å². The molecule has 7 heteroatoms. The molecule has 0 radical (unpaired) electrons. The smallest absolute Gasteiger partial charge is 0.331 e. The number of rotatable bonds is 7. The molecule has 154 valence electrons. The van der Waals surface area contributed by atoms with Gasteiger partial charge in [-0.25, -0.2) is 4.79 Å². The standard InChI is InChI=1S/C21H29NO6/c1-15(21(24)22-11-7-5-6-8-12-22)28-20(23)10-9-16-13-18(26-3)19(27-4)14-17(16)25-2/h9-10,13-15H,5-8,11-12H2,1-4H3/b10-9+/t15-/m0/s1. The van der Waals surface area contributed by atoms with Crippen LogP contribution in [0, 0.1) is 0 Å². The van der Waals surface area contributed by atoms with Crippen molar-refractivity contribution >= 4 is 18.0 Å². The second-order valence-corrected chi connectivity index (χ2v) is 6.60. The SMILES string of the molecule is COc1cc(OC)c(OC)cc1/C=C/C(=O)O[C@@H](C)C(=O)N1CCCCCC1. The van der Waals surface area contributed by atoms with Gasteiger partial charge in [0.1, 0.15) is 5.75 Å². The van der Waals surface area contributed by atoms with E-state index < -0.39 is 12.1 Å². The third-order valence-corrected chi connectivity index (χ3v) is 4.69. The molecule has 1 aliphatic rings. The van der Waals surface area contributed by atoms with E-state index in [9.17, 15) is 9.59 Å². The van der Waals surface area contributed by atoms with Gasteiger partial charge in [-0.2, -0.15) is 0 Å². The van der Waals surface area contributed by atoms with E-state index in [1.165, 1.54) is 27.4 Å². The second-order valence-electron chi connectivity index (χ2n) is 6.60. The Kier molecular flexibility index (Phi) is 8.17. The monoisotopic (exact) mass is 391 g/mol. The van der Waals surface area contributed by atoms with Gasteiger partial charge in [0.15, 0.2) is 17.6 Å². The van der Waals surface area contributed by atoms with E-state index >= 15 is 0 Å². The molecule has 1 atom stereocenters. The lowest BCUT2D eigenvalue weighted by Gasteiger charge is -2.23. The molecule has 1 aromatic carbocycles. The highest BCUT2D eigenvalue weighted by Gasteiger charge is 2.23. The molecule has 2 rings (SSSR count). The van der Waals surface area contributed by atoms with Crippen LogP contribution in [-0.2, 0) is 14.3 Å². The van der Waals surface area contributed by atoms with Crippen molar-refractivity contribution in [3.8, 4) is 17.2 Å². The first kappa shape index (κ1) is 21.6. The van der Waals surface area contributed by atoms with Crippen molar-refractivity contribution in [1.29, 1.82) is 0 Å². The summed E-state index contributed by atoms with van der Waals surface area (Å²) < 4.78 is 21.1. The van der Waals surface area contributed by atoms with Gasteiger partial charge < -0.3 is 23.8 Å². The highest BCUT2D eigenvalue weighted by molar-refractivity contribution is 5.91. The zero-order valence-electron chi connectivity index (χ0n) is 17.0. The molecule has 0 aromatic heterocycles. The van der Waals surface area contributed by atoms with Crippen LogP contribution in [-0.4, -0.2) is 57.3 Å². The summed E-state index contributed by atoms with van der Waals surface area (Å²) in [4.78, 5) is 26.5. The third kappa shape index (κ3) is 5.65. The molecule has 1 heterocycles. The predicted molar refractivity (Wildman–Crippen MR) is 106 cm³/mol. The third-order valence-electron chi connectivity index (χ3n) is 4.69. The Balaban J connectivity index is 2.03. The van der Waals surface area contributed by atoms with Crippen molar-refractivity contribution in [2.24, 2.45) is 0 Å². The highest BCUT2D eigenvalue weighted by Crippen LogP contribution is 2.35. The summed E-state index contributed by atoms with van der Waals surface area (Å²) in [5, 5.41) is 0. The van der Waals surface area contributed by atoms with Crippen molar-refractivity contribution in [3.63, 3.8) is 0 Å². The minimum Gasteiger partial charge on any atom is -0.496 e. The van der Waals surface area contributed by atoms with Gasteiger partial charge in [0, 0.05) is 30.8 Å². The van der Waals surface area contributed by atoms with E-state index in [0.717, 1.165) is 38.8 Å². The van der Waals surface area contributed by atoms with Gasteiger partial charge in [0.25, 0.3) is 5.91 Å². The zero-order valence-corrected chi connectivity index (χ0v) is 17.0. The fourth-order valence-corrected chi connectivity index (χ4v) is 3.15. The normalized spacial score (nSPS) is 15.6. The first-order chi connectivity index (χ1) is 13.5. The number of methoxy groups -OCH3 is 3. The van der Waals surface area contributed by atoms with E-state index in [1.807, 2.05) is 0 Å². The largest absolute Gasteiger partial charge is 0.496 e. The number of likely N-dealkylation sites (tertiary alicyclic amines) is 1. The van der Waals surface area contributed by atoms with Crippen LogP contribution >= 0.6 is 0 Å². The van der Waals surface area contributed by atoms with Gasteiger partial charge in [-0.3, -0.25) is 4.79 Å². The number of carbonyl (C=O) groups excluding carboxylic acids is 2. The van der Waals surface area contributed by atoms with E-state index in [0.29, 0.717) is 22.8 Å². The lowest BCUT2D eigenvalue weighted by Crippen LogP contribution is -2.40. The number of benzene rings is 1. The average Bonchev–Trinajstić information content (AvgIpc) is 3.00. The van der Waals surface area contributed by atoms with Gasteiger partial charge in [-0.05, 0) is 31.9 Å². The second kappa shape index (κ2) is 10.6.